The number of phenolic OH excluding ortho intramolecular Hbond substituents is 1. The van der Waals surface area contributed by atoms with Crippen molar-refractivity contribution < 1.29 is 14.6 Å². The van der Waals surface area contributed by atoms with Gasteiger partial charge in [-0.1, -0.05) is 67.9 Å². The van der Waals surface area contributed by atoms with Crippen LogP contribution in [-0.4, -0.2) is 24.2 Å². The number of amides is 1. The molecule has 4 nitrogen and oxygen atoms in total. The Morgan fingerprint density at radius 1 is 0.933 bits per heavy atom. The Kier molecular flexibility index (Phi) is 7.90. The molecule has 1 amide bonds. The van der Waals surface area contributed by atoms with Crippen molar-refractivity contribution in [3.8, 4) is 11.5 Å². The van der Waals surface area contributed by atoms with E-state index < -0.39 is 0 Å². The Balaban J connectivity index is 1.55. The third kappa shape index (κ3) is 6.38. The highest BCUT2D eigenvalue weighted by molar-refractivity contribution is 5.84. The summed E-state index contributed by atoms with van der Waals surface area (Å²) in [7, 11) is 0. The molecule has 0 fully saturated rings. The zero-order valence-corrected chi connectivity index (χ0v) is 17.4. The van der Waals surface area contributed by atoms with Crippen molar-refractivity contribution in [2.24, 2.45) is 0 Å². The zero-order chi connectivity index (χ0) is 21.2. The fourth-order valence-electron chi connectivity index (χ4n) is 3.42. The van der Waals surface area contributed by atoms with Gasteiger partial charge in [-0.3, -0.25) is 4.79 Å². The van der Waals surface area contributed by atoms with Crippen molar-refractivity contribution in [3.63, 3.8) is 0 Å². The van der Waals surface area contributed by atoms with Gasteiger partial charge in [0.15, 0.2) is 0 Å². The van der Waals surface area contributed by atoms with E-state index in [1.807, 2.05) is 54.6 Å². The lowest BCUT2D eigenvalue weighted by molar-refractivity contribution is -0.122. The summed E-state index contributed by atoms with van der Waals surface area (Å²) in [5, 5.41) is 12.5. The molecule has 0 spiro atoms. The number of aryl methyl sites for hydroxylation is 1. The monoisotopic (exact) mass is 403 g/mol. The van der Waals surface area contributed by atoms with Crippen LogP contribution in [0.5, 0.6) is 11.5 Å². The molecule has 0 heterocycles. The minimum atomic E-state index is -0.302. The van der Waals surface area contributed by atoms with Crippen molar-refractivity contribution >= 4 is 5.91 Å². The van der Waals surface area contributed by atoms with Crippen molar-refractivity contribution in [1.29, 1.82) is 0 Å². The second kappa shape index (κ2) is 11.1. The molecule has 0 saturated carbocycles. The Labute approximate surface area is 178 Å². The number of phenols is 1. The molecular weight excluding hydrogens is 374 g/mol. The quantitative estimate of drug-likeness (QED) is 0.475. The number of hydrogen-bond acceptors (Lipinski definition) is 3. The van der Waals surface area contributed by atoms with E-state index in [9.17, 15) is 9.90 Å². The van der Waals surface area contributed by atoms with Gasteiger partial charge in [0.1, 0.15) is 18.1 Å². The van der Waals surface area contributed by atoms with E-state index in [0.717, 1.165) is 29.7 Å². The Hall–Kier alpha value is -3.27. The summed E-state index contributed by atoms with van der Waals surface area (Å²) in [6.45, 7) is 3.02. The molecule has 0 aromatic heterocycles. The maximum Gasteiger partial charge on any atom is 0.227 e. The van der Waals surface area contributed by atoms with Gasteiger partial charge in [0, 0.05) is 0 Å². The number of carbonyl (C=O) groups is 1. The number of benzene rings is 3. The van der Waals surface area contributed by atoms with E-state index in [2.05, 4.69) is 24.4 Å². The Bertz CT molecular complexity index is 905. The second-order valence-corrected chi connectivity index (χ2v) is 7.37. The third-order valence-electron chi connectivity index (χ3n) is 5.03. The van der Waals surface area contributed by atoms with Crippen LogP contribution in [0.15, 0.2) is 78.9 Å². The topological polar surface area (TPSA) is 58.6 Å². The van der Waals surface area contributed by atoms with Crippen LogP contribution in [0.2, 0.25) is 0 Å². The van der Waals surface area contributed by atoms with Gasteiger partial charge in [0.2, 0.25) is 5.91 Å². The van der Waals surface area contributed by atoms with Gasteiger partial charge in [-0.15, -0.1) is 0 Å². The first kappa shape index (κ1) is 21.4. The van der Waals surface area contributed by atoms with Crippen molar-refractivity contribution in [2.45, 2.75) is 32.1 Å². The van der Waals surface area contributed by atoms with Gasteiger partial charge in [0.05, 0.1) is 12.5 Å². The molecule has 4 heteroatoms. The zero-order valence-electron chi connectivity index (χ0n) is 17.4. The van der Waals surface area contributed by atoms with E-state index in [-0.39, 0.29) is 17.6 Å². The van der Waals surface area contributed by atoms with Crippen LogP contribution >= 0.6 is 0 Å². The lowest BCUT2D eigenvalue weighted by atomic mass is 9.91. The predicted octanol–water partition coefficient (Wildman–Crippen LogP) is 4.87. The average molecular weight is 404 g/mol. The van der Waals surface area contributed by atoms with E-state index >= 15 is 0 Å². The Morgan fingerprint density at radius 3 is 2.27 bits per heavy atom. The molecule has 0 unspecified atom stereocenters. The minimum absolute atomic E-state index is 0.0313. The van der Waals surface area contributed by atoms with Crippen LogP contribution < -0.4 is 10.1 Å². The maximum atomic E-state index is 12.9. The highest BCUT2D eigenvalue weighted by Crippen LogP contribution is 2.22. The van der Waals surface area contributed by atoms with Crippen molar-refractivity contribution in [1.82, 2.24) is 5.32 Å². The molecule has 0 saturated heterocycles. The molecule has 0 aliphatic heterocycles. The second-order valence-electron chi connectivity index (χ2n) is 7.37. The van der Waals surface area contributed by atoms with Crippen LogP contribution in [-0.2, 0) is 17.6 Å². The summed E-state index contributed by atoms with van der Waals surface area (Å²) >= 11 is 0. The molecule has 0 aliphatic carbocycles. The number of ether oxygens (including phenoxy) is 1. The first-order chi connectivity index (χ1) is 14.7. The van der Waals surface area contributed by atoms with Gasteiger partial charge in [-0.05, 0) is 53.8 Å². The molecule has 156 valence electrons. The van der Waals surface area contributed by atoms with Crippen LogP contribution in [0.25, 0.3) is 0 Å². The van der Waals surface area contributed by atoms with Gasteiger partial charge < -0.3 is 15.2 Å². The minimum Gasteiger partial charge on any atom is -0.508 e. The van der Waals surface area contributed by atoms with E-state index in [0.29, 0.717) is 19.6 Å². The third-order valence-corrected chi connectivity index (χ3v) is 5.03. The number of rotatable bonds is 10. The molecule has 0 radical (unpaired) electrons. The molecule has 0 aliphatic rings. The predicted molar refractivity (Wildman–Crippen MR) is 120 cm³/mol. The number of aromatic hydroxyl groups is 1. The van der Waals surface area contributed by atoms with E-state index in [4.69, 9.17) is 4.74 Å². The lowest BCUT2D eigenvalue weighted by Crippen LogP contribution is -2.33. The smallest absolute Gasteiger partial charge is 0.227 e. The highest BCUT2D eigenvalue weighted by Gasteiger charge is 2.20. The van der Waals surface area contributed by atoms with E-state index in [1.165, 1.54) is 5.56 Å². The molecule has 1 atom stereocenters. The summed E-state index contributed by atoms with van der Waals surface area (Å²) < 4.78 is 5.76. The normalized spacial score (nSPS) is 11.6. The largest absolute Gasteiger partial charge is 0.508 e. The standard InChI is InChI=1S/C26H29NO3/c1-2-6-20-11-15-24(16-12-20)30-18-17-27-26(29)25(22-7-4-3-5-8-22)19-21-9-13-23(28)14-10-21/h3-5,7-16,25,28H,2,6,17-19H2,1H3,(H,27,29)/t25-/m1/s1. The molecule has 3 aromatic carbocycles. The van der Waals surface area contributed by atoms with E-state index in [1.54, 1.807) is 12.1 Å². The van der Waals surface area contributed by atoms with Crippen LogP contribution in [0.4, 0.5) is 0 Å². The van der Waals surface area contributed by atoms with Crippen LogP contribution in [0.1, 0.15) is 36.0 Å². The van der Waals surface area contributed by atoms with Crippen LogP contribution in [0.3, 0.4) is 0 Å². The summed E-state index contributed by atoms with van der Waals surface area (Å²) in [5.74, 6) is 0.701. The molecule has 0 bridgehead atoms. The lowest BCUT2D eigenvalue weighted by Gasteiger charge is -2.18. The van der Waals surface area contributed by atoms with Gasteiger partial charge >= 0.3 is 0 Å². The summed E-state index contributed by atoms with van der Waals surface area (Å²) in [5.41, 5.74) is 3.27. The molecule has 2 N–H and O–H groups in total. The van der Waals surface area contributed by atoms with Crippen molar-refractivity contribution in [2.75, 3.05) is 13.2 Å². The SMILES string of the molecule is CCCc1ccc(OCCNC(=O)[C@H](Cc2ccc(O)cc2)c2ccccc2)cc1. The average Bonchev–Trinajstić information content (AvgIpc) is 2.78. The number of hydrogen-bond donors (Lipinski definition) is 2. The summed E-state index contributed by atoms with van der Waals surface area (Å²) in [6, 6.07) is 24.9. The van der Waals surface area contributed by atoms with Gasteiger partial charge in [-0.2, -0.15) is 0 Å². The van der Waals surface area contributed by atoms with Gasteiger partial charge in [0.25, 0.3) is 0 Å². The molecule has 30 heavy (non-hydrogen) atoms. The Morgan fingerprint density at radius 2 is 1.60 bits per heavy atom. The first-order valence-corrected chi connectivity index (χ1v) is 10.5. The summed E-state index contributed by atoms with van der Waals surface area (Å²) in [6.07, 6.45) is 2.76. The first-order valence-electron chi connectivity index (χ1n) is 10.5. The highest BCUT2D eigenvalue weighted by atomic mass is 16.5. The van der Waals surface area contributed by atoms with Crippen LogP contribution in [0, 0.1) is 0 Å². The van der Waals surface area contributed by atoms with Gasteiger partial charge in [-0.25, -0.2) is 0 Å². The number of carbonyl (C=O) groups excluding carboxylic acids is 1. The fraction of sp³-hybridized carbons (Fsp3) is 0.269. The molecule has 3 rings (SSSR count). The molecular formula is C26H29NO3. The maximum absolute atomic E-state index is 12.9. The fourth-order valence-corrected chi connectivity index (χ4v) is 3.42. The molecule has 3 aromatic rings. The number of nitrogens with one attached hydrogen (secondary N) is 1. The summed E-state index contributed by atoms with van der Waals surface area (Å²) in [4.78, 5) is 12.9. The van der Waals surface area contributed by atoms with Crippen molar-refractivity contribution in [3.05, 3.63) is 95.6 Å².